The first-order valence-electron chi connectivity index (χ1n) is 4.05. The number of ether oxygens (including phenoxy) is 2. The fourth-order valence-electron chi connectivity index (χ4n) is 1.19. The van der Waals surface area contributed by atoms with E-state index in [4.69, 9.17) is 14.0 Å². The summed E-state index contributed by atoms with van der Waals surface area (Å²) in [4.78, 5) is 0. The van der Waals surface area contributed by atoms with Gasteiger partial charge in [0, 0.05) is 0 Å². The standard InChI is InChI=1S/C7H14O5S/c1-7(2)11-5-6(12-7)3-4-13(8,9)10/h6H,3-5H2,1-2H3,(H,8,9,10)/t6-/m0/s1. The highest BCUT2D eigenvalue weighted by molar-refractivity contribution is 7.85. The lowest BCUT2D eigenvalue weighted by molar-refractivity contribution is -0.138. The third kappa shape index (κ3) is 4.04. The Kier molecular flexibility index (Phi) is 2.96. The van der Waals surface area contributed by atoms with Gasteiger partial charge < -0.3 is 9.47 Å². The van der Waals surface area contributed by atoms with E-state index >= 15 is 0 Å². The molecule has 1 heterocycles. The summed E-state index contributed by atoms with van der Waals surface area (Å²) in [7, 11) is -3.88. The van der Waals surface area contributed by atoms with Gasteiger partial charge in [-0.25, -0.2) is 0 Å². The van der Waals surface area contributed by atoms with Gasteiger partial charge in [-0.1, -0.05) is 0 Å². The monoisotopic (exact) mass is 210 g/mol. The van der Waals surface area contributed by atoms with Crippen molar-refractivity contribution in [3.8, 4) is 0 Å². The summed E-state index contributed by atoms with van der Waals surface area (Å²) in [5.74, 6) is -0.916. The quantitative estimate of drug-likeness (QED) is 0.683. The van der Waals surface area contributed by atoms with Crippen LogP contribution in [-0.4, -0.2) is 37.2 Å². The molecule has 6 heteroatoms. The van der Waals surface area contributed by atoms with Crippen molar-refractivity contribution in [3.63, 3.8) is 0 Å². The van der Waals surface area contributed by atoms with Crippen molar-refractivity contribution in [1.82, 2.24) is 0 Å². The van der Waals surface area contributed by atoms with E-state index in [9.17, 15) is 8.42 Å². The third-order valence-electron chi connectivity index (χ3n) is 1.77. The van der Waals surface area contributed by atoms with Gasteiger partial charge >= 0.3 is 0 Å². The molecular formula is C7H14O5S. The molecule has 78 valence electrons. The Bertz CT molecular complexity index is 269. The van der Waals surface area contributed by atoms with Crippen LogP contribution in [0.15, 0.2) is 0 Å². The van der Waals surface area contributed by atoms with Gasteiger partial charge in [0.1, 0.15) is 0 Å². The van der Waals surface area contributed by atoms with Crippen molar-refractivity contribution < 1.29 is 22.4 Å². The van der Waals surface area contributed by atoms with Crippen molar-refractivity contribution in [3.05, 3.63) is 0 Å². The maximum atomic E-state index is 10.4. The zero-order valence-corrected chi connectivity index (χ0v) is 8.50. The molecule has 13 heavy (non-hydrogen) atoms. The molecular weight excluding hydrogens is 196 g/mol. The van der Waals surface area contributed by atoms with Crippen LogP contribution in [0, 0.1) is 0 Å². The first-order chi connectivity index (χ1) is 5.79. The first-order valence-corrected chi connectivity index (χ1v) is 5.66. The van der Waals surface area contributed by atoms with E-state index < -0.39 is 15.9 Å². The molecule has 0 radical (unpaired) electrons. The van der Waals surface area contributed by atoms with Crippen LogP contribution in [0.2, 0.25) is 0 Å². The van der Waals surface area contributed by atoms with Gasteiger partial charge in [-0.05, 0) is 20.3 Å². The van der Waals surface area contributed by atoms with Gasteiger partial charge in [0.2, 0.25) is 0 Å². The van der Waals surface area contributed by atoms with Crippen molar-refractivity contribution in [2.75, 3.05) is 12.4 Å². The lowest BCUT2D eigenvalue weighted by Gasteiger charge is -2.16. The van der Waals surface area contributed by atoms with Gasteiger partial charge in [0.25, 0.3) is 10.1 Å². The molecule has 0 aliphatic carbocycles. The molecule has 1 aliphatic heterocycles. The van der Waals surface area contributed by atoms with Crippen molar-refractivity contribution in [2.45, 2.75) is 32.2 Å². The largest absolute Gasteiger partial charge is 0.348 e. The summed E-state index contributed by atoms with van der Waals surface area (Å²) in [6.07, 6.45) is 0.0272. The summed E-state index contributed by atoms with van der Waals surface area (Å²) in [5.41, 5.74) is 0. The van der Waals surface area contributed by atoms with Gasteiger partial charge in [-0.15, -0.1) is 0 Å². The average Bonchev–Trinajstić information content (AvgIpc) is 2.24. The molecule has 0 bridgehead atoms. The number of rotatable bonds is 3. The van der Waals surface area contributed by atoms with Gasteiger partial charge in [-0.3, -0.25) is 4.55 Å². The van der Waals surface area contributed by atoms with Crippen LogP contribution < -0.4 is 0 Å². The summed E-state index contributed by atoms with van der Waals surface area (Å²) < 4.78 is 39.9. The van der Waals surface area contributed by atoms with Crippen molar-refractivity contribution >= 4 is 10.1 Å². The molecule has 1 N–H and O–H groups in total. The molecule has 0 spiro atoms. The normalized spacial score (nSPS) is 27.8. The molecule has 1 rings (SSSR count). The lowest BCUT2D eigenvalue weighted by Crippen LogP contribution is -2.22. The van der Waals surface area contributed by atoms with Crippen LogP contribution in [0.1, 0.15) is 20.3 Å². The SMILES string of the molecule is CC1(C)OC[C@H](CCS(=O)(=O)O)O1. The minimum Gasteiger partial charge on any atom is -0.348 e. The van der Waals surface area contributed by atoms with E-state index in [1.807, 2.05) is 0 Å². The molecule has 1 fully saturated rings. The fourth-order valence-corrected chi connectivity index (χ4v) is 1.75. The van der Waals surface area contributed by atoms with Crippen molar-refractivity contribution in [2.24, 2.45) is 0 Å². The zero-order valence-electron chi connectivity index (χ0n) is 7.69. The Morgan fingerprint density at radius 1 is 1.54 bits per heavy atom. The highest BCUT2D eigenvalue weighted by atomic mass is 32.2. The van der Waals surface area contributed by atoms with Gasteiger partial charge in [-0.2, -0.15) is 8.42 Å². The maximum absolute atomic E-state index is 10.4. The third-order valence-corrected chi connectivity index (χ3v) is 2.52. The van der Waals surface area contributed by atoms with Crippen LogP contribution in [0.3, 0.4) is 0 Å². The average molecular weight is 210 g/mol. The Morgan fingerprint density at radius 3 is 2.54 bits per heavy atom. The zero-order chi connectivity index (χ0) is 10.1. The molecule has 0 unspecified atom stereocenters. The Labute approximate surface area is 77.8 Å². The first kappa shape index (κ1) is 10.9. The van der Waals surface area contributed by atoms with Crippen LogP contribution in [0.25, 0.3) is 0 Å². The predicted octanol–water partition coefficient (Wildman–Crippen LogP) is 0.416. The topological polar surface area (TPSA) is 72.8 Å². The van der Waals surface area contributed by atoms with Crippen LogP contribution >= 0.6 is 0 Å². The van der Waals surface area contributed by atoms with E-state index in [1.54, 1.807) is 13.8 Å². The molecule has 0 aromatic heterocycles. The lowest BCUT2D eigenvalue weighted by atomic mass is 10.3. The Balaban J connectivity index is 2.34. The molecule has 0 aromatic carbocycles. The number of hydrogen-bond donors (Lipinski definition) is 1. The highest BCUT2D eigenvalue weighted by Crippen LogP contribution is 2.24. The van der Waals surface area contributed by atoms with Crippen LogP contribution in [0.5, 0.6) is 0 Å². The minimum absolute atomic E-state index is 0.239. The summed E-state index contributed by atoms with van der Waals surface area (Å²) >= 11 is 0. The maximum Gasteiger partial charge on any atom is 0.264 e. The van der Waals surface area contributed by atoms with E-state index in [-0.39, 0.29) is 18.3 Å². The smallest absolute Gasteiger partial charge is 0.264 e. The second-order valence-corrected chi connectivity index (χ2v) is 5.10. The van der Waals surface area contributed by atoms with Crippen LogP contribution in [-0.2, 0) is 19.6 Å². The summed E-state index contributed by atoms with van der Waals surface area (Å²) in [5, 5.41) is 0. The molecule has 1 aliphatic rings. The molecule has 1 atom stereocenters. The fraction of sp³-hybridized carbons (Fsp3) is 1.00. The predicted molar refractivity (Wildman–Crippen MR) is 45.9 cm³/mol. The van der Waals surface area contributed by atoms with Gasteiger partial charge in [0.15, 0.2) is 5.79 Å². The Hall–Kier alpha value is -0.170. The number of hydrogen-bond acceptors (Lipinski definition) is 4. The van der Waals surface area contributed by atoms with Crippen molar-refractivity contribution in [1.29, 1.82) is 0 Å². The van der Waals surface area contributed by atoms with Gasteiger partial charge in [0.05, 0.1) is 18.5 Å². The van der Waals surface area contributed by atoms with E-state index in [1.165, 1.54) is 0 Å². The second kappa shape index (κ2) is 3.53. The highest BCUT2D eigenvalue weighted by Gasteiger charge is 2.32. The molecule has 5 nitrogen and oxygen atoms in total. The molecule has 0 aromatic rings. The molecule has 0 saturated carbocycles. The van der Waals surface area contributed by atoms with E-state index in [2.05, 4.69) is 0 Å². The molecule has 1 saturated heterocycles. The second-order valence-electron chi connectivity index (χ2n) is 3.53. The minimum atomic E-state index is -3.88. The van der Waals surface area contributed by atoms with E-state index in [0.717, 1.165) is 0 Å². The summed E-state index contributed by atoms with van der Waals surface area (Å²) in [6, 6.07) is 0. The Morgan fingerprint density at radius 2 is 2.15 bits per heavy atom. The summed E-state index contributed by atoms with van der Waals surface area (Å²) in [6.45, 7) is 3.91. The van der Waals surface area contributed by atoms with Crippen LogP contribution in [0.4, 0.5) is 0 Å². The molecule has 0 amide bonds. The van der Waals surface area contributed by atoms with E-state index in [0.29, 0.717) is 6.61 Å².